The number of aryl methyl sites for hydroxylation is 1. The summed E-state index contributed by atoms with van der Waals surface area (Å²) in [6, 6.07) is 14.7. The number of pyridine rings is 2. The van der Waals surface area contributed by atoms with Gasteiger partial charge in [0.1, 0.15) is 0 Å². The first-order valence-electron chi connectivity index (χ1n) is 10.2. The highest BCUT2D eigenvalue weighted by Crippen LogP contribution is 2.30. The van der Waals surface area contributed by atoms with E-state index in [1.165, 1.54) is 0 Å². The van der Waals surface area contributed by atoms with E-state index in [4.69, 9.17) is 5.73 Å². The van der Waals surface area contributed by atoms with Crippen LogP contribution in [0.15, 0.2) is 55.0 Å². The number of nitrogens with one attached hydrogen (secondary N) is 2. The van der Waals surface area contributed by atoms with E-state index in [0.29, 0.717) is 6.04 Å². The third-order valence-corrected chi connectivity index (χ3v) is 5.48. The number of hydrogen-bond acceptors (Lipinski definition) is 6. The van der Waals surface area contributed by atoms with Gasteiger partial charge in [0.2, 0.25) is 0 Å². The highest BCUT2D eigenvalue weighted by molar-refractivity contribution is 5.88. The van der Waals surface area contributed by atoms with Crippen molar-refractivity contribution in [2.24, 2.45) is 5.73 Å². The quantitative estimate of drug-likeness (QED) is 0.461. The Bertz CT molecular complexity index is 1180. The molecule has 1 saturated heterocycles. The first-order chi connectivity index (χ1) is 14.7. The van der Waals surface area contributed by atoms with Crippen LogP contribution in [0.3, 0.4) is 0 Å². The van der Waals surface area contributed by atoms with Gasteiger partial charge >= 0.3 is 0 Å². The summed E-state index contributed by atoms with van der Waals surface area (Å²) in [7, 11) is 0. The molecule has 3 aromatic heterocycles. The Kier molecular flexibility index (Phi) is 4.90. The number of likely N-dealkylation sites (tertiary alicyclic amines) is 1. The largest absolute Gasteiger partial charge is 0.382 e. The minimum absolute atomic E-state index is 0.340. The van der Waals surface area contributed by atoms with E-state index in [0.717, 1.165) is 71.1 Å². The molecule has 0 aliphatic carbocycles. The SMILES string of the molecule is Cc1cccc(-c2[nH]cnc2-c2ccc3ncc(NCCN4CC(N)C4)cc3c2)n1. The zero-order valence-electron chi connectivity index (χ0n) is 17.0. The highest BCUT2D eigenvalue weighted by atomic mass is 15.2. The smallest absolute Gasteiger partial charge is 0.0977 e. The lowest BCUT2D eigenvalue weighted by Crippen LogP contribution is -2.56. The van der Waals surface area contributed by atoms with Crippen LogP contribution in [0.4, 0.5) is 5.69 Å². The van der Waals surface area contributed by atoms with Crippen LogP contribution in [0.25, 0.3) is 33.5 Å². The number of aromatic amines is 1. The average molecular weight is 400 g/mol. The van der Waals surface area contributed by atoms with Gasteiger partial charge in [-0.3, -0.25) is 14.9 Å². The van der Waals surface area contributed by atoms with Gasteiger partial charge in [-0.25, -0.2) is 4.98 Å². The predicted molar refractivity (Wildman–Crippen MR) is 120 cm³/mol. The second kappa shape index (κ2) is 7.85. The summed E-state index contributed by atoms with van der Waals surface area (Å²) in [5.74, 6) is 0. The number of fused-ring (bicyclic) bond motifs is 1. The lowest BCUT2D eigenvalue weighted by atomic mass is 10.0. The van der Waals surface area contributed by atoms with Crippen molar-refractivity contribution in [1.29, 1.82) is 0 Å². The van der Waals surface area contributed by atoms with Crippen LogP contribution >= 0.6 is 0 Å². The van der Waals surface area contributed by atoms with Crippen molar-refractivity contribution in [3.63, 3.8) is 0 Å². The predicted octanol–water partition coefficient (Wildman–Crippen LogP) is 3.05. The van der Waals surface area contributed by atoms with E-state index >= 15 is 0 Å². The van der Waals surface area contributed by atoms with Crippen molar-refractivity contribution in [3.8, 4) is 22.6 Å². The van der Waals surface area contributed by atoms with Gasteiger partial charge < -0.3 is 16.0 Å². The van der Waals surface area contributed by atoms with Gasteiger partial charge in [-0.2, -0.15) is 0 Å². The molecule has 152 valence electrons. The van der Waals surface area contributed by atoms with E-state index in [9.17, 15) is 0 Å². The Balaban J connectivity index is 1.39. The van der Waals surface area contributed by atoms with Crippen molar-refractivity contribution in [3.05, 3.63) is 60.7 Å². The Morgan fingerprint density at radius 2 is 2.07 bits per heavy atom. The third kappa shape index (κ3) is 3.77. The molecule has 0 unspecified atom stereocenters. The fourth-order valence-electron chi connectivity index (χ4n) is 3.92. The van der Waals surface area contributed by atoms with E-state index in [1.807, 2.05) is 37.4 Å². The molecule has 1 fully saturated rings. The number of rotatable bonds is 6. The van der Waals surface area contributed by atoms with Gasteiger partial charge in [-0.1, -0.05) is 12.1 Å². The fraction of sp³-hybridized carbons (Fsp3) is 0.261. The molecule has 4 N–H and O–H groups in total. The lowest BCUT2D eigenvalue weighted by Gasteiger charge is -2.36. The summed E-state index contributed by atoms with van der Waals surface area (Å²) >= 11 is 0. The number of anilines is 1. The summed E-state index contributed by atoms with van der Waals surface area (Å²) < 4.78 is 0. The van der Waals surface area contributed by atoms with Crippen LogP contribution in [0.5, 0.6) is 0 Å². The number of hydrogen-bond donors (Lipinski definition) is 3. The first kappa shape index (κ1) is 18.7. The van der Waals surface area contributed by atoms with Crippen molar-refractivity contribution in [1.82, 2.24) is 24.8 Å². The molecule has 0 atom stereocenters. The van der Waals surface area contributed by atoms with Gasteiger partial charge in [0.25, 0.3) is 0 Å². The van der Waals surface area contributed by atoms with Crippen LogP contribution in [-0.4, -0.2) is 57.1 Å². The topological polar surface area (TPSA) is 95.8 Å². The van der Waals surface area contributed by atoms with Gasteiger partial charge in [0.15, 0.2) is 0 Å². The second-order valence-electron chi connectivity index (χ2n) is 7.87. The number of nitrogens with two attached hydrogens (primary N) is 1. The number of nitrogens with zero attached hydrogens (tertiary/aromatic N) is 4. The van der Waals surface area contributed by atoms with E-state index < -0.39 is 0 Å². The minimum atomic E-state index is 0.340. The molecule has 30 heavy (non-hydrogen) atoms. The minimum Gasteiger partial charge on any atom is -0.382 e. The van der Waals surface area contributed by atoms with E-state index in [-0.39, 0.29) is 0 Å². The first-order valence-corrected chi connectivity index (χ1v) is 10.2. The molecular weight excluding hydrogens is 374 g/mol. The Labute approximate surface area is 175 Å². The van der Waals surface area contributed by atoms with Crippen molar-refractivity contribution in [2.45, 2.75) is 13.0 Å². The second-order valence-corrected chi connectivity index (χ2v) is 7.87. The monoisotopic (exact) mass is 399 g/mol. The summed E-state index contributed by atoms with van der Waals surface area (Å²) in [5.41, 5.74) is 12.5. The molecule has 7 nitrogen and oxygen atoms in total. The molecule has 1 aliphatic heterocycles. The Hall–Kier alpha value is -3.29. The van der Waals surface area contributed by atoms with Crippen LogP contribution in [0.1, 0.15) is 5.69 Å². The standard InChI is InChI=1S/C23H25N7/c1-15-3-2-4-21(29-15)23-22(27-14-28-23)16-5-6-20-17(9-16)10-19(11-26-20)25-7-8-30-12-18(24)13-30/h2-6,9-11,14,18,25H,7-8,12-13,24H2,1H3,(H,27,28). The maximum Gasteiger partial charge on any atom is 0.0977 e. The normalized spacial score (nSPS) is 14.7. The van der Waals surface area contributed by atoms with Crippen LogP contribution in [0, 0.1) is 6.92 Å². The summed E-state index contributed by atoms with van der Waals surface area (Å²) in [6.07, 6.45) is 3.61. The van der Waals surface area contributed by atoms with Crippen molar-refractivity contribution >= 4 is 16.6 Å². The number of aromatic nitrogens is 4. The molecule has 0 saturated carbocycles. The highest BCUT2D eigenvalue weighted by Gasteiger charge is 2.21. The van der Waals surface area contributed by atoms with Crippen molar-refractivity contribution in [2.75, 3.05) is 31.5 Å². The van der Waals surface area contributed by atoms with Crippen LogP contribution in [-0.2, 0) is 0 Å². The average Bonchev–Trinajstić information content (AvgIpc) is 3.22. The summed E-state index contributed by atoms with van der Waals surface area (Å²) in [4.78, 5) is 19.4. The molecule has 1 aliphatic rings. The molecule has 7 heteroatoms. The van der Waals surface area contributed by atoms with Gasteiger partial charge in [0.05, 0.1) is 40.8 Å². The van der Waals surface area contributed by atoms with Crippen molar-refractivity contribution < 1.29 is 0 Å². The molecule has 0 radical (unpaired) electrons. The Morgan fingerprint density at radius 1 is 1.17 bits per heavy atom. The summed E-state index contributed by atoms with van der Waals surface area (Å²) in [6.45, 7) is 5.84. The van der Waals surface area contributed by atoms with Gasteiger partial charge in [-0.05, 0) is 37.3 Å². The molecular formula is C23H25N7. The molecule has 0 spiro atoms. The fourth-order valence-corrected chi connectivity index (χ4v) is 3.92. The molecule has 1 aromatic carbocycles. The third-order valence-electron chi connectivity index (χ3n) is 5.48. The Morgan fingerprint density at radius 3 is 2.90 bits per heavy atom. The lowest BCUT2D eigenvalue weighted by molar-refractivity contribution is 0.157. The van der Waals surface area contributed by atoms with Crippen LogP contribution < -0.4 is 11.1 Å². The molecule has 4 heterocycles. The molecule has 0 bridgehead atoms. The number of H-pyrrole nitrogens is 1. The molecule has 0 amide bonds. The van der Waals surface area contributed by atoms with E-state index in [1.54, 1.807) is 6.33 Å². The zero-order valence-corrected chi connectivity index (χ0v) is 17.0. The maximum atomic E-state index is 5.84. The van der Waals surface area contributed by atoms with E-state index in [2.05, 4.69) is 48.4 Å². The number of imidazole rings is 1. The summed E-state index contributed by atoms with van der Waals surface area (Å²) in [5, 5.41) is 4.55. The van der Waals surface area contributed by atoms with Crippen LogP contribution in [0.2, 0.25) is 0 Å². The maximum absolute atomic E-state index is 5.84. The molecule has 4 aromatic rings. The zero-order chi connectivity index (χ0) is 20.5. The van der Waals surface area contributed by atoms with Gasteiger partial charge in [-0.15, -0.1) is 0 Å². The van der Waals surface area contributed by atoms with Gasteiger partial charge in [0, 0.05) is 48.9 Å². The number of benzene rings is 1. The molecule has 5 rings (SSSR count).